The van der Waals surface area contributed by atoms with E-state index in [1.165, 1.54) is 12.1 Å². The van der Waals surface area contributed by atoms with Crippen molar-refractivity contribution in [3.63, 3.8) is 0 Å². The molecule has 1 saturated heterocycles. The van der Waals surface area contributed by atoms with E-state index in [1.54, 1.807) is 47.9 Å². The molecule has 1 fully saturated rings. The maximum atomic E-state index is 13.5. The lowest BCUT2D eigenvalue weighted by atomic mass is 10.0. The van der Waals surface area contributed by atoms with Crippen LogP contribution in [0.3, 0.4) is 0 Å². The fourth-order valence-corrected chi connectivity index (χ4v) is 2.84. The molecule has 132 valence electrons. The summed E-state index contributed by atoms with van der Waals surface area (Å²) in [5.41, 5.74) is 0.623. The van der Waals surface area contributed by atoms with E-state index in [4.69, 9.17) is 4.74 Å². The third kappa shape index (κ3) is 4.23. The van der Waals surface area contributed by atoms with Crippen molar-refractivity contribution in [1.82, 2.24) is 14.7 Å². The van der Waals surface area contributed by atoms with Crippen LogP contribution >= 0.6 is 0 Å². The predicted octanol–water partition coefficient (Wildman–Crippen LogP) is 1.73. The Morgan fingerprint density at radius 2 is 1.83 bits per heavy atom. The highest BCUT2D eigenvalue weighted by atomic mass is 19.1. The maximum absolute atomic E-state index is 13.5. The van der Waals surface area contributed by atoms with Crippen molar-refractivity contribution in [3.05, 3.63) is 35.6 Å². The van der Waals surface area contributed by atoms with Crippen molar-refractivity contribution >= 4 is 12.0 Å². The average Bonchev–Trinajstić information content (AvgIpc) is 2.55. The molecule has 2 rings (SSSR count). The van der Waals surface area contributed by atoms with E-state index in [0.717, 1.165) is 0 Å². The molecule has 6 nitrogen and oxygen atoms in total. The lowest BCUT2D eigenvalue weighted by molar-refractivity contribution is -0.138. The summed E-state index contributed by atoms with van der Waals surface area (Å²) in [5, 5.41) is 0. The van der Waals surface area contributed by atoms with Gasteiger partial charge in [0.05, 0.1) is 6.61 Å². The minimum absolute atomic E-state index is 0.0888. The van der Waals surface area contributed by atoms with Gasteiger partial charge in [0.2, 0.25) is 5.91 Å². The monoisotopic (exact) mass is 337 g/mol. The Morgan fingerprint density at radius 3 is 2.38 bits per heavy atom. The highest BCUT2D eigenvalue weighted by Gasteiger charge is 2.31. The molecule has 0 aromatic heterocycles. The maximum Gasteiger partial charge on any atom is 0.409 e. The lowest BCUT2D eigenvalue weighted by Gasteiger charge is -2.37. The molecule has 1 aromatic carbocycles. The van der Waals surface area contributed by atoms with Gasteiger partial charge in [-0.2, -0.15) is 0 Å². The fourth-order valence-electron chi connectivity index (χ4n) is 2.84. The van der Waals surface area contributed by atoms with Crippen LogP contribution in [0.2, 0.25) is 0 Å². The molecular formula is C17H24FN3O3. The Hall–Kier alpha value is -2.15. The van der Waals surface area contributed by atoms with Gasteiger partial charge in [-0.05, 0) is 38.7 Å². The number of benzene rings is 1. The number of ether oxygens (including phenoxy) is 1. The number of halogens is 1. The van der Waals surface area contributed by atoms with E-state index in [2.05, 4.69) is 0 Å². The van der Waals surface area contributed by atoms with E-state index in [-0.39, 0.29) is 17.8 Å². The number of piperazine rings is 1. The number of amides is 2. The molecule has 7 heteroatoms. The van der Waals surface area contributed by atoms with E-state index in [0.29, 0.717) is 38.3 Å². The first-order chi connectivity index (χ1) is 11.4. The van der Waals surface area contributed by atoms with Crippen LogP contribution in [0.15, 0.2) is 24.3 Å². The van der Waals surface area contributed by atoms with Gasteiger partial charge in [0, 0.05) is 26.2 Å². The van der Waals surface area contributed by atoms with Crippen LogP contribution in [0.25, 0.3) is 0 Å². The van der Waals surface area contributed by atoms with E-state index in [9.17, 15) is 14.0 Å². The Kier molecular flexibility index (Phi) is 6.14. The van der Waals surface area contributed by atoms with Gasteiger partial charge < -0.3 is 14.5 Å². The molecule has 1 aromatic rings. The largest absolute Gasteiger partial charge is 0.450 e. The molecule has 0 N–H and O–H groups in total. The number of rotatable bonds is 4. The first-order valence-corrected chi connectivity index (χ1v) is 8.06. The van der Waals surface area contributed by atoms with E-state index in [1.807, 2.05) is 0 Å². The zero-order chi connectivity index (χ0) is 17.7. The van der Waals surface area contributed by atoms with E-state index < -0.39 is 6.04 Å². The summed E-state index contributed by atoms with van der Waals surface area (Å²) in [6.45, 7) is 3.86. The van der Waals surface area contributed by atoms with Gasteiger partial charge in [0.25, 0.3) is 0 Å². The van der Waals surface area contributed by atoms with Crippen molar-refractivity contribution < 1.29 is 18.7 Å². The van der Waals surface area contributed by atoms with Crippen molar-refractivity contribution in [2.75, 3.05) is 46.9 Å². The van der Waals surface area contributed by atoms with Crippen LogP contribution < -0.4 is 0 Å². The van der Waals surface area contributed by atoms with Crippen LogP contribution in [0.1, 0.15) is 18.5 Å². The molecule has 24 heavy (non-hydrogen) atoms. The summed E-state index contributed by atoms with van der Waals surface area (Å²) in [6, 6.07) is 5.55. The molecule has 0 radical (unpaired) electrons. The summed E-state index contributed by atoms with van der Waals surface area (Å²) in [4.78, 5) is 29.7. The Balaban J connectivity index is 2.05. The van der Waals surface area contributed by atoms with E-state index >= 15 is 0 Å². The second kappa shape index (κ2) is 8.10. The molecule has 0 spiro atoms. The van der Waals surface area contributed by atoms with Crippen molar-refractivity contribution in [2.24, 2.45) is 0 Å². The SMILES string of the molecule is CCOC(=O)N1CCN(C(=O)[C@H](c2cccc(F)c2)N(C)C)CC1. The van der Waals surface area contributed by atoms with Gasteiger partial charge >= 0.3 is 6.09 Å². The van der Waals surface area contributed by atoms with Gasteiger partial charge in [-0.25, -0.2) is 9.18 Å². The highest BCUT2D eigenvalue weighted by Crippen LogP contribution is 2.22. The summed E-state index contributed by atoms with van der Waals surface area (Å²) >= 11 is 0. The van der Waals surface area contributed by atoms with Crippen LogP contribution in [0.5, 0.6) is 0 Å². The van der Waals surface area contributed by atoms with Crippen LogP contribution in [-0.4, -0.2) is 73.6 Å². The predicted molar refractivity (Wildman–Crippen MR) is 88.0 cm³/mol. The van der Waals surface area contributed by atoms with Crippen molar-refractivity contribution in [2.45, 2.75) is 13.0 Å². The topological polar surface area (TPSA) is 53.1 Å². The Morgan fingerprint density at radius 1 is 1.21 bits per heavy atom. The van der Waals surface area contributed by atoms with Gasteiger partial charge in [0.15, 0.2) is 0 Å². The Labute approximate surface area is 141 Å². The second-order valence-corrected chi connectivity index (χ2v) is 5.93. The number of nitrogens with zero attached hydrogens (tertiary/aromatic N) is 3. The summed E-state index contributed by atoms with van der Waals surface area (Å²) in [5.74, 6) is -0.451. The number of hydrogen-bond donors (Lipinski definition) is 0. The fraction of sp³-hybridized carbons (Fsp3) is 0.529. The quantitative estimate of drug-likeness (QED) is 0.840. The molecule has 0 unspecified atom stereocenters. The van der Waals surface area contributed by atoms with Gasteiger partial charge in [-0.3, -0.25) is 9.69 Å². The number of carbonyl (C=O) groups is 2. The first kappa shape index (κ1) is 18.2. The molecule has 1 heterocycles. The van der Waals surface area contributed by atoms with Crippen LogP contribution in [0.4, 0.5) is 9.18 Å². The van der Waals surface area contributed by atoms with Gasteiger partial charge in [-0.1, -0.05) is 12.1 Å². The average molecular weight is 337 g/mol. The summed E-state index contributed by atoms with van der Waals surface area (Å²) < 4.78 is 18.5. The third-order valence-corrected chi connectivity index (χ3v) is 4.03. The molecule has 1 atom stereocenters. The van der Waals surface area contributed by atoms with Crippen LogP contribution in [-0.2, 0) is 9.53 Å². The number of carbonyl (C=O) groups excluding carboxylic acids is 2. The zero-order valence-electron chi connectivity index (χ0n) is 14.4. The summed E-state index contributed by atoms with van der Waals surface area (Å²) in [6.07, 6.45) is -0.348. The van der Waals surface area contributed by atoms with Crippen molar-refractivity contribution in [3.8, 4) is 0 Å². The van der Waals surface area contributed by atoms with Crippen LogP contribution in [0, 0.1) is 5.82 Å². The summed E-state index contributed by atoms with van der Waals surface area (Å²) in [7, 11) is 3.59. The third-order valence-electron chi connectivity index (χ3n) is 4.03. The van der Waals surface area contributed by atoms with Gasteiger partial charge in [0.1, 0.15) is 11.9 Å². The molecule has 2 amide bonds. The Bertz CT molecular complexity index is 586. The van der Waals surface area contributed by atoms with Gasteiger partial charge in [-0.15, -0.1) is 0 Å². The first-order valence-electron chi connectivity index (χ1n) is 8.06. The molecule has 0 aliphatic carbocycles. The number of likely N-dealkylation sites (N-methyl/N-ethyl adjacent to an activating group) is 1. The smallest absolute Gasteiger partial charge is 0.409 e. The second-order valence-electron chi connectivity index (χ2n) is 5.93. The zero-order valence-corrected chi connectivity index (χ0v) is 14.4. The highest BCUT2D eigenvalue weighted by molar-refractivity contribution is 5.83. The molecule has 1 aliphatic heterocycles. The number of hydrogen-bond acceptors (Lipinski definition) is 4. The molecule has 1 aliphatic rings. The lowest BCUT2D eigenvalue weighted by Crippen LogP contribution is -2.53. The molecule has 0 saturated carbocycles. The van der Waals surface area contributed by atoms with Crippen molar-refractivity contribution in [1.29, 1.82) is 0 Å². The molecular weight excluding hydrogens is 313 g/mol. The molecule has 0 bridgehead atoms. The standard InChI is InChI=1S/C17H24FN3O3/c1-4-24-17(23)21-10-8-20(9-11-21)16(22)15(19(2)3)13-6-5-7-14(18)12-13/h5-7,12,15H,4,8-11H2,1-3H3/t15-/m0/s1. The minimum Gasteiger partial charge on any atom is -0.450 e. The minimum atomic E-state index is -0.546. The normalized spacial score (nSPS) is 16.2.